The summed E-state index contributed by atoms with van der Waals surface area (Å²) in [6.07, 6.45) is -0.665. The zero-order valence-corrected chi connectivity index (χ0v) is 10.6. The molecular weight excluding hydrogens is 248 g/mol. The van der Waals surface area contributed by atoms with Gasteiger partial charge in [0.1, 0.15) is 5.75 Å². The molecule has 0 heterocycles. The van der Waals surface area contributed by atoms with Crippen LogP contribution >= 0.6 is 23.4 Å². The highest BCUT2D eigenvalue weighted by Crippen LogP contribution is 2.25. The van der Waals surface area contributed by atoms with E-state index in [9.17, 15) is 0 Å². The summed E-state index contributed by atoms with van der Waals surface area (Å²) in [6, 6.07) is 5.52. The van der Waals surface area contributed by atoms with Gasteiger partial charge in [-0.15, -0.1) is 0 Å². The Hall–Kier alpha value is -0.420. The van der Waals surface area contributed by atoms with Crippen LogP contribution in [0.5, 0.6) is 5.75 Å². The lowest BCUT2D eigenvalue weighted by atomic mass is 10.2. The molecule has 3 nitrogen and oxygen atoms in total. The fraction of sp³-hybridized carbons (Fsp3) is 0.455. The van der Waals surface area contributed by atoms with E-state index in [1.165, 1.54) is 11.8 Å². The molecule has 1 atom stereocenters. The quantitative estimate of drug-likeness (QED) is 0.823. The van der Waals surface area contributed by atoms with E-state index in [-0.39, 0.29) is 6.61 Å². The van der Waals surface area contributed by atoms with E-state index in [1.807, 2.05) is 12.1 Å². The minimum Gasteiger partial charge on any atom is -0.497 e. The molecule has 0 spiro atoms. The zero-order valence-electron chi connectivity index (χ0n) is 9.02. The van der Waals surface area contributed by atoms with Crippen molar-refractivity contribution in [1.82, 2.24) is 0 Å². The van der Waals surface area contributed by atoms with Crippen molar-refractivity contribution in [2.75, 3.05) is 19.5 Å². The number of benzene rings is 1. The largest absolute Gasteiger partial charge is 0.497 e. The molecule has 2 N–H and O–H groups in total. The Labute approximate surface area is 104 Å². The number of hydrogen-bond acceptors (Lipinski definition) is 4. The van der Waals surface area contributed by atoms with Crippen LogP contribution in [0.2, 0.25) is 5.02 Å². The summed E-state index contributed by atoms with van der Waals surface area (Å²) in [5.74, 6) is 1.94. The van der Waals surface area contributed by atoms with Gasteiger partial charge in [0.05, 0.1) is 19.8 Å². The van der Waals surface area contributed by atoms with Crippen LogP contribution in [0.25, 0.3) is 0 Å². The molecule has 0 aliphatic rings. The normalized spacial score (nSPS) is 12.5. The van der Waals surface area contributed by atoms with Gasteiger partial charge >= 0.3 is 0 Å². The van der Waals surface area contributed by atoms with Crippen LogP contribution in [0.1, 0.15) is 5.56 Å². The molecule has 90 valence electrons. The van der Waals surface area contributed by atoms with E-state index >= 15 is 0 Å². The van der Waals surface area contributed by atoms with Crippen molar-refractivity contribution >= 4 is 23.4 Å². The first kappa shape index (κ1) is 13.6. The van der Waals surface area contributed by atoms with Crippen molar-refractivity contribution in [2.45, 2.75) is 11.9 Å². The summed E-state index contributed by atoms with van der Waals surface area (Å²) < 4.78 is 5.05. The Morgan fingerprint density at radius 3 is 2.81 bits per heavy atom. The third-order valence-electron chi connectivity index (χ3n) is 2.04. The minimum atomic E-state index is -0.665. The van der Waals surface area contributed by atoms with Gasteiger partial charge in [-0.05, 0) is 17.7 Å². The monoisotopic (exact) mass is 262 g/mol. The van der Waals surface area contributed by atoms with Crippen molar-refractivity contribution < 1.29 is 14.9 Å². The lowest BCUT2D eigenvalue weighted by Gasteiger charge is -2.08. The Balaban J connectivity index is 2.48. The molecule has 0 aliphatic carbocycles. The third-order valence-corrected chi connectivity index (χ3v) is 3.53. The van der Waals surface area contributed by atoms with Crippen molar-refractivity contribution in [3.63, 3.8) is 0 Å². The third kappa shape index (κ3) is 4.22. The van der Waals surface area contributed by atoms with Crippen LogP contribution < -0.4 is 4.74 Å². The second kappa shape index (κ2) is 7.01. The molecule has 1 aromatic carbocycles. The summed E-state index contributed by atoms with van der Waals surface area (Å²) in [5.41, 5.74) is 0.998. The standard InChI is InChI=1S/C11H15ClO3S/c1-15-10-3-2-8(11(12)4-10)6-16-7-9(14)5-13/h2-4,9,13-14H,5-7H2,1H3/t9-/m0/s1. The molecule has 0 aliphatic heterocycles. The second-order valence-electron chi connectivity index (χ2n) is 3.31. The molecule has 0 saturated carbocycles. The van der Waals surface area contributed by atoms with Gasteiger partial charge in [0.2, 0.25) is 0 Å². The van der Waals surface area contributed by atoms with Crippen molar-refractivity contribution in [3.05, 3.63) is 28.8 Å². The molecule has 0 radical (unpaired) electrons. The first-order valence-corrected chi connectivity index (χ1v) is 6.39. The number of ether oxygens (including phenoxy) is 1. The summed E-state index contributed by atoms with van der Waals surface area (Å²) in [4.78, 5) is 0. The lowest BCUT2D eigenvalue weighted by Crippen LogP contribution is -2.14. The molecule has 5 heteroatoms. The SMILES string of the molecule is COc1ccc(CSC[C@@H](O)CO)c(Cl)c1. The number of aliphatic hydroxyl groups excluding tert-OH is 2. The van der Waals surface area contributed by atoms with E-state index < -0.39 is 6.10 Å². The Bertz CT molecular complexity index is 333. The highest BCUT2D eigenvalue weighted by Gasteiger charge is 2.05. The molecule has 1 rings (SSSR count). The summed E-state index contributed by atoms with van der Waals surface area (Å²) in [5, 5.41) is 18.5. The Kier molecular flexibility index (Phi) is 5.98. The van der Waals surface area contributed by atoms with Crippen molar-refractivity contribution in [2.24, 2.45) is 0 Å². The number of aliphatic hydroxyl groups is 2. The van der Waals surface area contributed by atoms with Crippen LogP contribution in [-0.2, 0) is 5.75 Å². The predicted octanol–water partition coefficient (Wildman–Crippen LogP) is 1.93. The van der Waals surface area contributed by atoms with Crippen molar-refractivity contribution in [3.8, 4) is 5.75 Å². The summed E-state index contributed by atoms with van der Waals surface area (Å²) >= 11 is 7.58. The van der Waals surface area contributed by atoms with Crippen molar-refractivity contribution in [1.29, 1.82) is 0 Å². The van der Waals surface area contributed by atoms with Gasteiger partial charge in [0.15, 0.2) is 0 Å². The molecule has 0 saturated heterocycles. The number of methoxy groups -OCH3 is 1. The molecular formula is C11H15ClO3S. The van der Waals surface area contributed by atoms with Crippen LogP contribution in [0.3, 0.4) is 0 Å². The van der Waals surface area contributed by atoms with E-state index in [2.05, 4.69) is 0 Å². The number of rotatable bonds is 6. The highest BCUT2D eigenvalue weighted by atomic mass is 35.5. The van der Waals surface area contributed by atoms with E-state index in [0.29, 0.717) is 16.5 Å². The first-order valence-electron chi connectivity index (χ1n) is 4.86. The second-order valence-corrected chi connectivity index (χ2v) is 4.75. The minimum absolute atomic E-state index is 0.205. The van der Waals surface area contributed by atoms with Crippen LogP contribution in [0.4, 0.5) is 0 Å². The fourth-order valence-electron chi connectivity index (χ4n) is 1.13. The molecule has 0 amide bonds. The maximum atomic E-state index is 9.16. The van der Waals surface area contributed by atoms with E-state index in [1.54, 1.807) is 13.2 Å². The number of halogens is 1. The van der Waals surface area contributed by atoms with Gasteiger partial charge in [-0.2, -0.15) is 11.8 Å². The van der Waals surface area contributed by atoms with Gasteiger partial charge in [0, 0.05) is 16.5 Å². The number of hydrogen-bond donors (Lipinski definition) is 2. The van der Waals surface area contributed by atoms with Gasteiger partial charge in [-0.3, -0.25) is 0 Å². The fourth-order valence-corrected chi connectivity index (χ4v) is 2.41. The molecule has 0 fully saturated rings. The summed E-state index contributed by atoms with van der Waals surface area (Å²) in [7, 11) is 1.59. The van der Waals surface area contributed by atoms with Crippen LogP contribution in [-0.4, -0.2) is 35.8 Å². The average molecular weight is 263 g/mol. The van der Waals surface area contributed by atoms with Gasteiger partial charge in [-0.25, -0.2) is 0 Å². The Morgan fingerprint density at radius 2 is 2.25 bits per heavy atom. The molecule has 16 heavy (non-hydrogen) atoms. The smallest absolute Gasteiger partial charge is 0.120 e. The lowest BCUT2D eigenvalue weighted by molar-refractivity contribution is 0.113. The summed E-state index contributed by atoms with van der Waals surface area (Å²) in [6.45, 7) is -0.205. The van der Waals surface area contributed by atoms with Crippen LogP contribution in [0, 0.1) is 0 Å². The van der Waals surface area contributed by atoms with E-state index in [0.717, 1.165) is 11.3 Å². The molecule has 0 aromatic heterocycles. The molecule has 1 aromatic rings. The maximum Gasteiger partial charge on any atom is 0.120 e. The molecule has 0 unspecified atom stereocenters. The zero-order chi connectivity index (χ0) is 12.0. The Morgan fingerprint density at radius 1 is 1.50 bits per heavy atom. The highest BCUT2D eigenvalue weighted by molar-refractivity contribution is 7.98. The average Bonchev–Trinajstić information content (AvgIpc) is 2.30. The number of thioether (sulfide) groups is 1. The predicted molar refractivity (Wildman–Crippen MR) is 67.3 cm³/mol. The van der Waals surface area contributed by atoms with Gasteiger partial charge < -0.3 is 14.9 Å². The maximum absolute atomic E-state index is 9.16. The van der Waals surface area contributed by atoms with Gasteiger partial charge in [-0.1, -0.05) is 17.7 Å². The van der Waals surface area contributed by atoms with E-state index in [4.69, 9.17) is 26.6 Å². The topological polar surface area (TPSA) is 49.7 Å². The van der Waals surface area contributed by atoms with Gasteiger partial charge in [0.25, 0.3) is 0 Å². The van der Waals surface area contributed by atoms with Crippen LogP contribution in [0.15, 0.2) is 18.2 Å². The molecule has 0 bridgehead atoms. The first-order chi connectivity index (χ1) is 7.67.